The van der Waals surface area contributed by atoms with E-state index in [0.717, 1.165) is 0 Å². The largest absolute Gasteiger partial charge is 1.00 e. The number of hydrogen-bond donors (Lipinski definition) is 1. The molecule has 1 rings (SSSR count). The summed E-state index contributed by atoms with van der Waals surface area (Å²) in [6.07, 6.45) is 6.11. The average Bonchev–Trinajstić information content (AvgIpc) is 2.45. The van der Waals surface area contributed by atoms with E-state index >= 15 is 0 Å². The van der Waals surface area contributed by atoms with E-state index in [1.165, 1.54) is 4.57 Å². The van der Waals surface area contributed by atoms with Gasteiger partial charge in [0.2, 0.25) is 11.7 Å². The smallest absolute Gasteiger partial charge is 0.307 e. The summed E-state index contributed by atoms with van der Waals surface area (Å²) < 4.78 is 34.4. The predicted octanol–water partition coefficient (Wildman–Crippen LogP) is -2.50. The van der Waals surface area contributed by atoms with Crippen LogP contribution in [0, 0.1) is 0 Å². The molecule has 0 aromatic carbocycles. The summed E-state index contributed by atoms with van der Waals surface area (Å²) >= 11 is 0. The molecule has 0 saturated carbocycles. The van der Waals surface area contributed by atoms with E-state index in [2.05, 4.69) is 0 Å². The minimum Gasteiger partial charge on any atom is -1.00 e. The molecule has 5 nitrogen and oxygen atoms in total. The maximum atomic E-state index is 11.1. The third-order valence-electron chi connectivity index (χ3n) is 2.00. The van der Waals surface area contributed by atoms with Crippen LogP contribution in [-0.4, -0.2) is 17.5 Å². The summed E-state index contributed by atoms with van der Waals surface area (Å²) in [5.74, 6) is 0. The van der Waals surface area contributed by atoms with Gasteiger partial charge in [-0.3, -0.25) is 4.55 Å². The van der Waals surface area contributed by atoms with Crippen molar-refractivity contribution in [2.75, 3.05) is 0 Å². The Kier molecular flexibility index (Phi) is 5.75. The maximum absolute atomic E-state index is 11.1. The van der Waals surface area contributed by atoms with Crippen molar-refractivity contribution in [3.05, 3.63) is 18.7 Å². The van der Waals surface area contributed by atoms with Crippen molar-refractivity contribution in [1.82, 2.24) is 4.57 Å². The predicted molar refractivity (Wildman–Crippen MR) is 51.1 cm³/mol. The maximum Gasteiger partial charge on any atom is 0.307 e. The number of hydrogen-bond acceptors (Lipinski definition) is 2. The highest BCUT2D eigenvalue weighted by Gasteiger charge is 2.28. The Morgan fingerprint density at radius 2 is 2.13 bits per heavy atom. The van der Waals surface area contributed by atoms with E-state index in [-0.39, 0.29) is 24.0 Å². The molecule has 0 aliphatic rings. The molecule has 7 heteroatoms. The minimum atomic E-state index is -4.02. The lowest BCUT2D eigenvalue weighted by Crippen LogP contribution is -3.00. The van der Waals surface area contributed by atoms with Crippen LogP contribution in [0.15, 0.2) is 18.7 Å². The molecule has 0 aliphatic heterocycles. The molecule has 0 saturated heterocycles. The van der Waals surface area contributed by atoms with Gasteiger partial charge in [-0.25, -0.2) is 9.13 Å². The lowest BCUT2D eigenvalue weighted by atomic mass is 10.3. The van der Waals surface area contributed by atoms with Gasteiger partial charge in [0.25, 0.3) is 0 Å². The van der Waals surface area contributed by atoms with Crippen molar-refractivity contribution < 1.29 is 41.5 Å². The van der Waals surface area contributed by atoms with Gasteiger partial charge in [-0.2, -0.15) is 8.42 Å². The van der Waals surface area contributed by atoms with Crippen molar-refractivity contribution >= 4 is 10.1 Å². The van der Waals surface area contributed by atoms with Crippen LogP contribution < -0.4 is 28.5 Å². The van der Waals surface area contributed by atoms with Gasteiger partial charge in [0.1, 0.15) is 12.4 Å². The fraction of sp³-hybridized carbons (Fsp3) is 0.625. The lowest BCUT2D eigenvalue weighted by Gasteiger charge is -2.08. The SMILES string of the molecule is CCCC(n1cc[n+](C)c1)S(=O)(=O)O.[I-]. The summed E-state index contributed by atoms with van der Waals surface area (Å²) in [6.45, 7) is 1.88. The van der Waals surface area contributed by atoms with E-state index in [4.69, 9.17) is 4.55 Å². The second-order valence-electron chi connectivity index (χ2n) is 3.28. The zero-order valence-corrected chi connectivity index (χ0v) is 11.6. The molecular formula is C8H15IN2O3S. The number of rotatable bonds is 4. The van der Waals surface area contributed by atoms with Gasteiger partial charge < -0.3 is 24.0 Å². The molecule has 0 bridgehead atoms. The average molecular weight is 346 g/mol. The van der Waals surface area contributed by atoms with Crippen molar-refractivity contribution in [2.24, 2.45) is 7.05 Å². The van der Waals surface area contributed by atoms with Crippen LogP contribution in [0.25, 0.3) is 0 Å². The Morgan fingerprint density at radius 1 is 1.53 bits per heavy atom. The topological polar surface area (TPSA) is 63.2 Å². The summed E-state index contributed by atoms with van der Waals surface area (Å²) in [7, 11) is -2.22. The molecular weight excluding hydrogens is 331 g/mol. The first kappa shape index (κ1) is 14.8. The highest BCUT2D eigenvalue weighted by atomic mass is 127. The van der Waals surface area contributed by atoms with Gasteiger partial charge in [-0.05, 0) is 0 Å². The monoisotopic (exact) mass is 346 g/mol. The van der Waals surface area contributed by atoms with Crippen LogP contribution in [0.4, 0.5) is 0 Å². The highest BCUT2D eigenvalue weighted by molar-refractivity contribution is 7.85. The van der Waals surface area contributed by atoms with Gasteiger partial charge >= 0.3 is 10.1 Å². The van der Waals surface area contributed by atoms with Crippen LogP contribution in [0.3, 0.4) is 0 Å². The number of aromatic nitrogens is 2. The zero-order chi connectivity index (χ0) is 10.8. The third-order valence-corrected chi connectivity index (χ3v) is 3.17. The van der Waals surface area contributed by atoms with Gasteiger partial charge in [-0.1, -0.05) is 13.3 Å². The van der Waals surface area contributed by atoms with Crippen molar-refractivity contribution in [3.8, 4) is 0 Å². The van der Waals surface area contributed by atoms with Gasteiger partial charge in [-0.15, -0.1) is 0 Å². The Bertz CT molecular complexity index is 402. The van der Waals surface area contributed by atoms with Crippen molar-refractivity contribution in [2.45, 2.75) is 25.1 Å². The molecule has 15 heavy (non-hydrogen) atoms. The number of nitrogens with zero attached hydrogens (tertiary/aromatic N) is 2. The molecule has 88 valence electrons. The van der Waals surface area contributed by atoms with E-state index in [9.17, 15) is 8.42 Å². The molecule has 1 aromatic rings. The Hall–Kier alpha value is -0.150. The summed E-state index contributed by atoms with van der Waals surface area (Å²) in [5, 5.41) is -0.867. The quantitative estimate of drug-likeness (QED) is 0.373. The number of halogens is 1. The summed E-state index contributed by atoms with van der Waals surface area (Å²) in [5.41, 5.74) is 0. The zero-order valence-electron chi connectivity index (χ0n) is 8.67. The van der Waals surface area contributed by atoms with E-state index < -0.39 is 15.5 Å². The lowest BCUT2D eigenvalue weighted by molar-refractivity contribution is -0.671. The van der Waals surface area contributed by atoms with Gasteiger partial charge in [0.05, 0.1) is 7.05 Å². The second-order valence-corrected chi connectivity index (χ2v) is 4.86. The number of aryl methyl sites for hydroxylation is 1. The Labute approximate surface area is 107 Å². The minimum absolute atomic E-state index is 0. The molecule has 1 atom stereocenters. The first-order chi connectivity index (χ1) is 6.45. The van der Waals surface area contributed by atoms with Crippen LogP contribution in [-0.2, 0) is 17.2 Å². The normalized spacial score (nSPS) is 13.3. The van der Waals surface area contributed by atoms with Crippen LogP contribution in [0.5, 0.6) is 0 Å². The highest BCUT2D eigenvalue weighted by Crippen LogP contribution is 2.18. The molecule has 0 spiro atoms. The van der Waals surface area contributed by atoms with Crippen LogP contribution in [0.1, 0.15) is 25.1 Å². The third kappa shape index (κ3) is 4.07. The van der Waals surface area contributed by atoms with E-state index in [1.807, 2.05) is 6.92 Å². The molecule has 0 amide bonds. The van der Waals surface area contributed by atoms with Crippen molar-refractivity contribution in [1.29, 1.82) is 0 Å². The van der Waals surface area contributed by atoms with Crippen LogP contribution in [0.2, 0.25) is 0 Å². The number of imidazole rings is 1. The van der Waals surface area contributed by atoms with E-state index in [0.29, 0.717) is 12.8 Å². The van der Waals surface area contributed by atoms with Crippen molar-refractivity contribution in [3.63, 3.8) is 0 Å². The Morgan fingerprint density at radius 3 is 2.47 bits per heavy atom. The Balaban J connectivity index is 0.00000196. The summed E-state index contributed by atoms with van der Waals surface area (Å²) in [6, 6.07) is 0. The molecule has 0 radical (unpaired) electrons. The second kappa shape index (κ2) is 5.80. The molecule has 1 unspecified atom stereocenters. The molecule has 0 aliphatic carbocycles. The molecule has 1 aromatic heterocycles. The van der Waals surface area contributed by atoms with Crippen LogP contribution >= 0.6 is 0 Å². The first-order valence-corrected chi connectivity index (χ1v) is 5.94. The molecule has 0 fully saturated rings. The molecule has 1 heterocycles. The van der Waals surface area contributed by atoms with E-state index in [1.54, 1.807) is 30.3 Å². The molecule has 1 N–H and O–H groups in total. The summed E-state index contributed by atoms with van der Waals surface area (Å²) in [4.78, 5) is 0. The first-order valence-electron chi connectivity index (χ1n) is 4.44. The fourth-order valence-corrected chi connectivity index (χ4v) is 2.30. The standard InChI is InChI=1S/C8H14N2O3S.HI/c1-3-4-8(14(11,12)13)10-6-5-9(2)7-10;/h5-8H,3-4H2,1-2H3;1H. The fourth-order valence-electron chi connectivity index (χ4n) is 1.34. The van der Waals surface area contributed by atoms with Gasteiger partial charge in [0, 0.05) is 6.42 Å². The van der Waals surface area contributed by atoms with Gasteiger partial charge in [0.15, 0.2) is 0 Å².